The fraction of sp³-hybridized carbons (Fsp3) is 0.333. The summed E-state index contributed by atoms with van der Waals surface area (Å²) in [7, 11) is 0. The van der Waals surface area contributed by atoms with Gasteiger partial charge < -0.3 is 0 Å². The van der Waals surface area contributed by atoms with Gasteiger partial charge in [-0.25, -0.2) is 0 Å². The van der Waals surface area contributed by atoms with Gasteiger partial charge in [-0.15, -0.1) is 0 Å². The van der Waals surface area contributed by atoms with Crippen LogP contribution in [0.1, 0.15) is 63.5 Å². The van der Waals surface area contributed by atoms with Crippen molar-refractivity contribution in [2.75, 3.05) is 0 Å². The van der Waals surface area contributed by atoms with E-state index in [0.717, 1.165) is 12.8 Å². The van der Waals surface area contributed by atoms with Crippen LogP contribution in [0.25, 0.3) is 9.15 Å². The van der Waals surface area contributed by atoms with Crippen LogP contribution in [0.15, 0.2) is 69.8 Å². The van der Waals surface area contributed by atoms with E-state index in [-0.39, 0.29) is 0 Å². The Hall–Kier alpha value is -0.620. The van der Waals surface area contributed by atoms with Gasteiger partial charge in [0.2, 0.25) is 0 Å². The molecule has 0 aliphatic rings. The highest BCUT2D eigenvalue weighted by Crippen LogP contribution is 2.41. The van der Waals surface area contributed by atoms with Crippen molar-refractivity contribution in [3.05, 3.63) is 80.9 Å². The highest BCUT2D eigenvalue weighted by atomic mass is 127. The molecule has 0 fully saturated rings. The van der Waals surface area contributed by atoms with Gasteiger partial charge in [-0.3, -0.25) is 0 Å². The first-order valence-corrected chi connectivity index (χ1v) is 11.7. The molecule has 0 radical (unpaired) electrons. The average Bonchev–Trinajstić information content (AvgIpc) is 2.70. The maximum Gasteiger partial charge on any atom is 0.0241 e. The highest BCUT2D eigenvalue weighted by molar-refractivity contribution is 14.1. The van der Waals surface area contributed by atoms with E-state index in [2.05, 4.69) is 120 Å². The monoisotopic (exact) mass is 570 g/mol. The van der Waals surface area contributed by atoms with Gasteiger partial charge in [0, 0.05) is 3.58 Å². The summed E-state index contributed by atoms with van der Waals surface area (Å²) in [5.41, 5.74) is 5.64. The maximum absolute atomic E-state index is 2.59. The fourth-order valence-corrected chi connectivity index (χ4v) is 4.93. The van der Waals surface area contributed by atoms with Crippen molar-refractivity contribution in [3.8, 4) is 0 Å². The average molecular weight is 570 g/mol. The zero-order valence-electron chi connectivity index (χ0n) is 15.8. The molecule has 0 amide bonds. The number of hydrogen-bond acceptors (Lipinski definition) is 0. The van der Waals surface area contributed by atoms with E-state index >= 15 is 0 Å². The second-order valence-electron chi connectivity index (χ2n) is 6.51. The predicted molar refractivity (Wildman–Crippen MR) is 134 cm³/mol. The molecule has 0 aliphatic carbocycles. The molecular weight excluding hydrogens is 542 g/mol. The van der Waals surface area contributed by atoms with Crippen molar-refractivity contribution in [1.82, 2.24) is 0 Å². The summed E-state index contributed by atoms with van der Waals surface area (Å²) in [5, 5.41) is 0. The summed E-state index contributed by atoms with van der Waals surface area (Å²) in [6.07, 6.45) is 7.22. The standard InChI is InChI=1S/C24H28I2/c1-3-5-17-21(24(26)20-15-11-8-12-16-20)23(22(25)18-6-4-2)19-13-9-7-10-14-19/h7-16H,3-6,17-18H2,1-2H3/b23-22-,24-21-. The van der Waals surface area contributed by atoms with Crippen molar-refractivity contribution in [3.63, 3.8) is 0 Å². The third kappa shape index (κ3) is 6.22. The number of rotatable bonds is 9. The van der Waals surface area contributed by atoms with E-state index in [4.69, 9.17) is 0 Å². The molecule has 0 aromatic heterocycles. The van der Waals surface area contributed by atoms with E-state index in [0.29, 0.717) is 0 Å². The molecule has 2 rings (SSSR count). The number of allylic oxidation sites excluding steroid dienone is 3. The van der Waals surface area contributed by atoms with Crippen LogP contribution in [0.4, 0.5) is 0 Å². The molecule has 2 aromatic rings. The molecule has 26 heavy (non-hydrogen) atoms. The first-order valence-electron chi connectivity index (χ1n) is 9.57. The fourth-order valence-electron chi connectivity index (χ4n) is 3.01. The zero-order chi connectivity index (χ0) is 18.8. The van der Waals surface area contributed by atoms with Crippen molar-refractivity contribution < 1.29 is 0 Å². The van der Waals surface area contributed by atoms with Gasteiger partial charge in [0.25, 0.3) is 0 Å². The van der Waals surface area contributed by atoms with E-state index in [1.165, 1.54) is 55.1 Å². The van der Waals surface area contributed by atoms with Crippen molar-refractivity contribution in [2.24, 2.45) is 0 Å². The van der Waals surface area contributed by atoms with Gasteiger partial charge in [0.15, 0.2) is 0 Å². The normalized spacial score (nSPS) is 13.2. The van der Waals surface area contributed by atoms with Gasteiger partial charge in [-0.1, -0.05) is 87.4 Å². The van der Waals surface area contributed by atoms with E-state index < -0.39 is 0 Å². The van der Waals surface area contributed by atoms with Gasteiger partial charge >= 0.3 is 0 Å². The second kappa shape index (κ2) is 12.0. The maximum atomic E-state index is 2.59. The lowest BCUT2D eigenvalue weighted by molar-refractivity contribution is 0.797. The van der Waals surface area contributed by atoms with E-state index in [1.807, 2.05) is 0 Å². The number of halogens is 2. The lowest BCUT2D eigenvalue weighted by Gasteiger charge is -2.19. The number of benzene rings is 2. The van der Waals surface area contributed by atoms with Gasteiger partial charge in [-0.05, 0) is 96.7 Å². The third-order valence-electron chi connectivity index (χ3n) is 4.46. The van der Waals surface area contributed by atoms with Crippen LogP contribution in [0.5, 0.6) is 0 Å². The Morgan fingerprint density at radius 3 is 1.73 bits per heavy atom. The lowest BCUT2D eigenvalue weighted by atomic mass is 9.91. The molecule has 138 valence electrons. The molecule has 0 aliphatic heterocycles. The molecule has 0 nitrogen and oxygen atoms in total. The Balaban J connectivity index is 2.62. The Morgan fingerprint density at radius 1 is 0.692 bits per heavy atom. The van der Waals surface area contributed by atoms with Gasteiger partial charge in [0.1, 0.15) is 0 Å². The molecular formula is C24H28I2. The summed E-state index contributed by atoms with van der Waals surface area (Å²) < 4.78 is 2.88. The minimum absolute atomic E-state index is 1.13. The summed E-state index contributed by atoms with van der Waals surface area (Å²) in [6, 6.07) is 21.8. The SMILES string of the molecule is CCCC/C(I)=C(/C(CCCC)=C(\I)c1ccccc1)c1ccccc1. The van der Waals surface area contributed by atoms with Crippen molar-refractivity contribution >= 4 is 54.3 Å². The molecule has 0 heterocycles. The third-order valence-corrected chi connectivity index (χ3v) is 6.81. The molecule has 0 bridgehead atoms. The minimum atomic E-state index is 1.13. The molecule has 0 spiro atoms. The number of hydrogen-bond donors (Lipinski definition) is 0. The first-order chi connectivity index (χ1) is 12.7. The summed E-state index contributed by atoms with van der Waals surface area (Å²) >= 11 is 5.16. The molecule has 2 heteroatoms. The number of unbranched alkanes of at least 4 members (excludes halogenated alkanes) is 2. The summed E-state index contributed by atoms with van der Waals surface area (Å²) in [4.78, 5) is 0. The largest absolute Gasteiger partial charge is 0.0654 e. The van der Waals surface area contributed by atoms with Crippen LogP contribution in [-0.4, -0.2) is 0 Å². The van der Waals surface area contributed by atoms with Crippen LogP contribution in [-0.2, 0) is 0 Å². The second-order valence-corrected chi connectivity index (χ2v) is 8.89. The Morgan fingerprint density at radius 2 is 1.19 bits per heavy atom. The van der Waals surface area contributed by atoms with E-state index in [1.54, 1.807) is 0 Å². The van der Waals surface area contributed by atoms with Crippen molar-refractivity contribution in [2.45, 2.75) is 52.4 Å². The molecule has 0 atom stereocenters. The lowest BCUT2D eigenvalue weighted by Crippen LogP contribution is -1.97. The van der Waals surface area contributed by atoms with Crippen molar-refractivity contribution in [1.29, 1.82) is 0 Å². The van der Waals surface area contributed by atoms with Crippen LogP contribution in [0.3, 0.4) is 0 Å². The molecule has 0 unspecified atom stereocenters. The summed E-state index contributed by atoms with van der Waals surface area (Å²) in [5.74, 6) is 0. The summed E-state index contributed by atoms with van der Waals surface area (Å²) in [6.45, 7) is 4.55. The molecule has 0 N–H and O–H groups in total. The van der Waals surface area contributed by atoms with Crippen LogP contribution in [0.2, 0.25) is 0 Å². The predicted octanol–water partition coefficient (Wildman–Crippen LogP) is 9.06. The van der Waals surface area contributed by atoms with Crippen LogP contribution >= 0.6 is 45.2 Å². The highest BCUT2D eigenvalue weighted by Gasteiger charge is 2.16. The molecule has 0 saturated carbocycles. The smallest absolute Gasteiger partial charge is 0.0241 e. The first kappa shape index (κ1) is 21.7. The van der Waals surface area contributed by atoms with Gasteiger partial charge in [0.05, 0.1) is 0 Å². The van der Waals surface area contributed by atoms with Gasteiger partial charge in [-0.2, -0.15) is 0 Å². The Bertz CT molecular complexity index is 727. The van der Waals surface area contributed by atoms with E-state index in [9.17, 15) is 0 Å². The Labute approximate surface area is 186 Å². The molecule has 2 aromatic carbocycles. The van der Waals surface area contributed by atoms with Crippen LogP contribution < -0.4 is 0 Å². The zero-order valence-corrected chi connectivity index (χ0v) is 20.1. The minimum Gasteiger partial charge on any atom is -0.0654 e. The van der Waals surface area contributed by atoms with Crippen LogP contribution in [0, 0.1) is 0 Å². The Kier molecular flexibility index (Phi) is 9.97. The topological polar surface area (TPSA) is 0 Å². The quantitative estimate of drug-likeness (QED) is 0.209. The molecule has 0 saturated heterocycles.